The highest BCUT2D eigenvalue weighted by Crippen LogP contribution is 2.32. The zero-order valence-electron chi connectivity index (χ0n) is 13.8. The van der Waals surface area contributed by atoms with E-state index in [2.05, 4.69) is 10.4 Å². The number of hydrogen-bond acceptors (Lipinski definition) is 6. The first-order valence-corrected chi connectivity index (χ1v) is 9.21. The summed E-state index contributed by atoms with van der Waals surface area (Å²) < 4.78 is 57.2. The molecule has 0 unspecified atom stereocenters. The summed E-state index contributed by atoms with van der Waals surface area (Å²) in [5, 5.41) is 5.83. The molecule has 0 saturated heterocycles. The zero-order chi connectivity index (χ0) is 19.8. The van der Waals surface area contributed by atoms with Gasteiger partial charge in [-0.05, 0) is 30.7 Å². The van der Waals surface area contributed by atoms with Crippen LogP contribution < -0.4 is 14.8 Å². The minimum absolute atomic E-state index is 0.141. The predicted molar refractivity (Wildman–Crippen MR) is 87.9 cm³/mol. The van der Waals surface area contributed by atoms with E-state index in [1.54, 1.807) is 11.6 Å². The molecule has 0 saturated carbocycles. The molecule has 1 aromatic heterocycles. The normalized spacial score (nSPS) is 16.4. The van der Waals surface area contributed by atoms with Crippen LogP contribution in [0.3, 0.4) is 0 Å². The molecule has 1 aliphatic rings. The summed E-state index contributed by atoms with van der Waals surface area (Å²) in [6.45, 7) is -1.20. The van der Waals surface area contributed by atoms with Crippen molar-refractivity contribution in [3.8, 4) is 5.75 Å². The van der Waals surface area contributed by atoms with Crippen LogP contribution in [0.25, 0.3) is 0 Å². The lowest BCUT2D eigenvalue weighted by atomic mass is 10.2. The SMILES string of the molecule is CC[C@@H]1Oc2ccc(S(=O)(=O)NC(=O)c3ccn(C(F)F)n3)cc2NC1=O. The molecule has 1 aromatic carbocycles. The van der Waals surface area contributed by atoms with E-state index in [1.807, 2.05) is 0 Å². The Balaban J connectivity index is 1.82. The minimum atomic E-state index is -4.33. The van der Waals surface area contributed by atoms with Gasteiger partial charge in [-0.1, -0.05) is 6.92 Å². The highest BCUT2D eigenvalue weighted by Gasteiger charge is 2.28. The lowest BCUT2D eigenvalue weighted by molar-refractivity contribution is -0.123. The number of carbonyl (C=O) groups excluding carboxylic acids is 2. The van der Waals surface area contributed by atoms with Gasteiger partial charge in [0.05, 0.1) is 10.6 Å². The number of amides is 2. The molecule has 27 heavy (non-hydrogen) atoms. The third-order valence-corrected chi connectivity index (χ3v) is 5.05. The largest absolute Gasteiger partial charge is 0.478 e. The van der Waals surface area contributed by atoms with E-state index in [0.29, 0.717) is 12.2 Å². The number of halogens is 2. The van der Waals surface area contributed by atoms with Crippen molar-refractivity contribution >= 4 is 27.5 Å². The van der Waals surface area contributed by atoms with Crippen LogP contribution in [0.5, 0.6) is 5.75 Å². The van der Waals surface area contributed by atoms with E-state index in [1.165, 1.54) is 12.1 Å². The summed E-state index contributed by atoms with van der Waals surface area (Å²) in [6.07, 6.45) is 0.610. The average molecular weight is 400 g/mol. The highest BCUT2D eigenvalue weighted by molar-refractivity contribution is 7.90. The number of sulfonamides is 1. The molecule has 0 bridgehead atoms. The number of hydrogen-bond donors (Lipinski definition) is 2. The number of alkyl halides is 2. The molecule has 9 nitrogen and oxygen atoms in total. The molecule has 0 radical (unpaired) electrons. The van der Waals surface area contributed by atoms with Gasteiger partial charge < -0.3 is 10.1 Å². The Labute approximate surface area is 152 Å². The topological polar surface area (TPSA) is 119 Å². The Kier molecular flexibility index (Phi) is 4.83. The Hall–Kier alpha value is -3.02. The van der Waals surface area contributed by atoms with Gasteiger partial charge in [-0.2, -0.15) is 13.9 Å². The monoisotopic (exact) mass is 400 g/mol. The fourth-order valence-electron chi connectivity index (χ4n) is 2.37. The molecule has 0 fully saturated rings. The van der Waals surface area contributed by atoms with Crippen LogP contribution in [0.4, 0.5) is 14.5 Å². The van der Waals surface area contributed by atoms with E-state index in [0.717, 1.165) is 18.3 Å². The van der Waals surface area contributed by atoms with E-state index < -0.39 is 40.2 Å². The molecule has 12 heteroatoms. The standard InChI is InChI=1S/C15H14F2N4O5S/c1-2-11-14(23)18-10-7-8(3-4-12(10)26-11)27(24,25)20-13(22)9-5-6-21(19-9)15(16)17/h3-7,11,15H,2H2,1H3,(H,18,23)(H,20,22)/t11-/m0/s1. The lowest BCUT2D eigenvalue weighted by Gasteiger charge is -2.25. The fraction of sp³-hybridized carbons (Fsp3) is 0.267. The molecular weight excluding hydrogens is 386 g/mol. The molecule has 3 rings (SSSR count). The molecule has 144 valence electrons. The van der Waals surface area contributed by atoms with E-state index in [-0.39, 0.29) is 15.3 Å². The minimum Gasteiger partial charge on any atom is -0.478 e. The predicted octanol–water partition coefficient (Wildman–Crippen LogP) is 1.51. The van der Waals surface area contributed by atoms with Crippen LogP contribution in [0, 0.1) is 0 Å². The number of nitrogens with one attached hydrogen (secondary N) is 2. The van der Waals surface area contributed by atoms with Gasteiger partial charge in [-0.15, -0.1) is 0 Å². The molecule has 2 heterocycles. The summed E-state index contributed by atoms with van der Waals surface area (Å²) in [4.78, 5) is 23.5. The molecule has 2 aromatic rings. The Bertz CT molecular complexity index is 1010. The van der Waals surface area contributed by atoms with Crippen molar-refractivity contribution in [2.24, 2.45) is 0 Å². The number of carbonyl (C=O) groups is 2. The van der Waals surface area contributed by atoms with Crippen LogP contribution in [0.15, 0.2) is 35.4 Å². The average Bonchev–Trinajstić information content (AvgIpc) is 3.11. The summed E-state index contributed by atoms with van der Waals surface area (Å²) in [5.41, 5.74) is -0.346. The summed E-state index contributed by atoms with van der Waals surface area (Å²) in [7, 11) is -4.33. The van der Waals surface area contributed by atoms with Crippen molar-refractivity contribution in [2.45, 2.75) is 30.9 Å². The van der Waals surface area contributed by atoms with Gasteiger partial charge in [-0.25, -0.2) is 17.8 Å². The third-order valence-electron chi connectivity index (χ3n) is 3.72. The molecule has 2 N–H and O–H groups in total. The Morgan fingerprint density at radius 3 is 2.78 bits per heavy atom. The van der Waals surface area contributed by atoms with E-state index >= 15 is 0 Å². The second kappa shape index (κ2) is 6.95. The molecule has 1 aliphatic heterocycles. The van der Waals surface area contributed by atoms with Crippen LogP contribution >= 0.6 is 0 Å². The number of nitrogens with zero attached hydrogens (tertiary/aromatic N) is 2. The maximum Gasteiger partial charge on any atom is 0.333 e. The van der Waals surface area contributed by atoms with Crippen molar-refractivity contribution in [3.63, 3.8) is 0 Å². The molecular formula is C15H14F2N4O5S. The summed E-state index contributed by atoms with van der Waals surface area (Å²) in [5.74, 6) is -1.29. The molecule has 0 aliphatic carbocycles. The number of rotatable bonds is 5. The van der Waals surface area contributed by atoms with Crippen molar-refractivity contribution in [3.05, 3.63) is 36.2 Å². The number of fused-ring (bicyclic) bond motifs is 1. The van der Waals surface area contributed by atoms with Gasteiger partial charge in [0.2, 0.25) is 0 Å². The quantitative estimate of drug-likeness (QED) is 0.785. The van der Waals surface area contributed by atoms with Crippen molar-refractivity contribution < 1.29 is 31.5 Å². The van der Waals surface area contributed by atoms with Gasteiger partial charge in [0, 0.05) is 6.20 Å². The van der Waals surface area contributed by atoms with Gasteiger partial charge in [0.25, 0.3) is 21.8 Å². The lowest BCUT2D eigenvalue weighted by Crippen LogP contribution is -2.36. The van der Waals surface area contributed by atoms with E-state index in [9.17, 15) is 26.8 Å². The van der Waals surface area contributed by atoms with Crippen LogP contribution in [0.2, 0.25) is 0 Å². The maximum atomic E-state index is 12.5. The van der Waals surface area contributed by atoms with Gasteiger partial charge in [-0.3, -0.25) is 9.59 Å². The molecule has 1 atom stereocenters. The van der Waals surface area contributed by atoms with Gasteiger partial charge in [0.15, 0.2) is 11.8 Å². The Morgan fingerprint density at radius 2 is 2.15 bits per heavy atom. The highest BCUT2D eigenvalue weighted by atomic mass is 32.2. The molecule has 2 amide bonds. The number of anilines is 1. The summed E-state index contributed by atoms with van der Waals surface area (Å²) in [6, 6.07) is 4.63. The van der Waals surface area contributed by atoms with Crippen molar-refractivity contribution in [1.82, 2.24) is 14.5 Å². The van der Waals surface area contributed by atoms with E-state index in [4.69, 9.17) is 4.74 Å². The van der Waals surface area contributed by atoms with Gasteiger partial charge in [0.1, 0.15) is 5.75 Å². The fourth-order valence-corrected chi connectivity index (χ4v) is 3.35. The van der Waals surface area contributed by atoms with Gasteiger partial charge >= 0.3 is 6.55 Å². The second-order valence-corrected chi connectivity index (χ2v) is 7.24. The van der Waals surface area contributed by atoms with Crippen LogP contribution in [-0.4, -0.2) is 36.1 Å². The number of ether oxygens (including phenoxy) is 1. The smallest absolute Gasteiger partial charge is 0.333 e. The maximum absolute atomic E-state index is 12.5. The Morgan fingerprint density at radius 1 is 1.41 bits per heavy atom. The first kappa shape index (κ1) is 18.8. The number of aromatic nitrogens is 2. The molecule has 0 spiro atoms. The number of benzene rings is 1. The van der Waals surface area contributed by atoms with Crippen molar-refractivity contribution in [1.29, 1.82) is 0 Å². The zero-order valence-corrected chi connectivity index (χ0v) is 14.7. The van der Waals surface area contributed by atoms with Crippen LogP contribution in [0.1, 0.15) is 30.4 Å². The van der Waals surface area contributed by atoms with Crippen LogP contribution in [-0.2, 0) is 14.8 Å². The first-order chi connectivity index (χ1) is 12.7. The first-order valence-electron chi connectivity index (χ1n) is 7.73. The second-order valence-electron chi connectivity index (χ2n) is 5.56. The van der Waals surface area contributed by atoms with Crippen molar-refractivity contribution in [2.75, 3.05) is 5.32 Å². The summed E-state index contributed by atoms with van der Waals surface area (Å²) >= 11 is 0. The third kappa shape index (κ3) is 3.74.